The summed E-state index contributed by atoms with van der Waals surface area (Å²) in [5.74, 6) is 0.719. The first-order chi connectivity index (χ1) is 8.91. The van der Waals surface area contributed by atoms with Gasteiger partial charge in [-0.2, -0.15) is 0 Å². The molecule has 2 rings (SSSR count). The molecular weight excluding hydrogens is 262 g/mol. The third-order valence-electron chi connectivity index (χ3n) is 3.66. The van der Waals surface area contributed by atoms with Gasteiger partial charge >= 0.3 is 0 Å². The van der Waals surface area contributed by atoms with Gasteiger partial charge in [-0.05, 0) is 13.8 Å². The Labute approximate surface area is 117 Å². The Hall–Kier alpha value is -1.47. The summed E-state index contributed by atoms with van der Waals surface area (Å²) < 4.78 is 0. The van der Waals surface area contributed by atoms with Crippen molar-refractivity contribution in [1.82, 2.24) is 14.9 Å². The van der Waals surface area contributed by atoms with Gasteiger partial charge in [0.05, 0.1) is 16.9 Å². The molecule has 0 spiro atoms. The number of anilines is 1. The Morgan fingerprint density at radius 2 is 2.05 bits per heavy atom. The van der Waals surface area contributed by atoms with Gasteiger partial charge in [-0.3, -0.25) is 9.69 Å². The first kappa shape index (κ1) is 14.0. The number of nitrogens with zero attached hydrogens (tertiary/aromatic N) is 3. The topological polar surface area (TPSA) is 78.2 Å². The van der Waals surface area contributed by atoms with Gasteiger partial charge in [-0.25, -0.2) is 4.98 Å². The van der Waals surface area contributed by atoms with Crippen LogP contribution in [0, 0.1) is 0 Å². The molecule has 0 atom stereocenters. The van der Waals surface area contributed by atoms with Gasteiger partial charge in [0.15, 0.2) is 0 Å². The molecular formula is C12H19N5OS. The van der Waals surface area contributed by atoms with E-state index < -0.39 is 0 Å². The number of aromatic amines is 1. The van der Waals surface area contributed by atoms with Crippen LogP contribution in [-0.4, -0.2) is 51.6 Å². The van der Waals surface area contributed by atoms with Crippen LogP contribution < -0.4 is 16.2 Å². The molecule has 1 fully saturated rings. The fourth-order valence-electron chi connectivity index (χ4n) is 2.18. The van der Waals surface area contributed by atoms with E-state index in [2.05, 4.69) is 19.8 Å². The van der Waals surface area contributed by atoms with Gasteiger partial charge in [0.25, 0.3) is 5.56 Å². The normalized spacial score (nSPS) is 17.5. The smallest absolute Gasteiger partial charge is 0.252 e. The number of aromatic nitrogens is 2. The van der Waals surface area contributed by atoms with Crippen molar-refractivity contribution in [2.45, 2.75) is 19.4 Å². The quantitative estimate of drug-likeness (QED) is 0.757. The van der Waals surface area contributed by atoms with E-state index in [4.69, 9.17) is 18.0 Å². The second kappa shape index (κ2) is 5.26. The molecule has 19 heavy (non-hydrogen) atoms. The molecule has 0 aliphatic carbocycles. The highest BCUT2D eigenvalue weighted by Crippen LogP contribution is 2.19. The lowest BCUT2D eigenvalue weighted by Crippen LogP contribution is -2.59. The van der Waals surface area contributed by atoms with E-state index in [9.17, 15) is 4.79 Å². The largest absolute Gasteiger partial charge is 0.392 e. The zero-order chi connectivity index (χ0) is 14.0. The summed E-state index contributed by atoms with van der Waals surface area (Å²) in [7, 11) is 0. The van der Waals surface area contributed by atoms with Crippen molar-refractivity contribution < 1.29 is 0 Å². The van der Waals surface area contributed by atoms with Crippen molar-refractivity contribution in [3.63, 3.8) is 0 Å². The second-order valence-electron chi connectivity index (χ2n) is 5.17. The summed E-state index contributed by atoms with van der Waals surface area (Å²) in [6.07, 6.45) is 1.43. The minimum Gasteiger partial charge on any atom is -0.392 e. The molecule has 1 aliphatic heterocycles. The highest BCUT2D eigenvalue weighted by molar-refractivity contribution is 7.80. The molecule has 2 heterocycles. The van der Waals surface area contributed by atoms with Crippen LogP contribution in [0.2, 0.25) is 0 Å². The van der Waals surface area contributed by atoms with Crippen molar-refractivity contribution in [2.75, 3.05) is 31.1 Å². The molecule has 0 unspecified atom stereocenters. The Morgan fingerprint density at radius 3 is 2.58 bits per heavy atom. The highest BCUT2D eigenvalue weighted by atomic mass is 32.1. The fraction of sp³-hybridized carbons (Fsp3) is 0.583. The van der Waals surface area contributed by atoms with E-state index in [1.165, 1.54) is 12.4 Å². The van der Waals surface area contributed by atoms with E-state index >= 15 is 0 Å². The third-order valence-corrected chi connectivity index (χ3v) is 4.16. The molecule has 0 radical (unpaired) electrons. The maximum atomic E-state index is 11.3. The Kier molecular flexibility index (Phi) is 3.86. The molecule has 0 amide bonds. The number of hydrogen-bond donors (Lipinski definition) is 2. The fourth-order valence-corrected chi connectivity index (χ4v) is 2.31. The summed E-state index contributed by atoms with van der Waals surface area (Å²) in [5.41, 5.74) is 5.38. The van der Waals surface area contributed by atoms with Gasteiger partial charge in [0.1, 0.15) is 5.82 Å². The number of piperazine rings is 1. The number of H-pyrrole nitrogens is 1. The summed E-state index contributed by atoms with van der Waals surface area (Å²) >= 11 is 5.12. The maximum absolute atomic E-state index is 11.3. The maximum Gasteiger partial charge on any atom is 0.252 e. The van der Waals surface area contributed by atoms with Crippen LogP contribution in [0.5, 0.6) is 0 Å². The van der Waals surface area contributed by atoms with Crippen molar-refractivity contribution in [3.8, 4) is 0 Å². The number of nitrogens with two attached hydrogens (primary N) is 1. The van der Waals surface area contributed by atoms with E-state index in [1.807, 2.05) is 13.8 Å². The zero-order valence-corrected chi connectivity index (χ0v) is 12.0. The molecule has 1 aromatic heterocycles. The monoisotopic (exact) mass is 281 g/mol. The van der Waals surface area contributed by atoms with Crippen LogP contribution >= 0.6 is 12.2 Å². The van der Waals surface area contributed by atoms with Gasteiger partial charge in [0.2, 0.25) is 0 Å². The molecule has 0 bridgehead atoms. The third kappa shape index (κ3) is 2.93. The van der Waals surface area contributed by atoms with E-state index in [0.717, 1.165) is 32.0 Å². The molecule has 1 saturated heterocycles. The molecule has 0 aromatic carbocycles. The lowest BCUT2D eigenvalue weighted by atomic mass is 10.0. The first-order valence-corrected chi connectivity index (χ1v) is 6.67. The van der Waals surface area contributed by atoms with Gasteiger partial charge in [0, 0.05) is 32.2 Å². The van der Waals surface area contributed by atoms with Gasteiger partial charge in [-0.1, -0.05) is 12.2 Å². The van der Waals surface area contributed by atoms with Gasteiger partial charge in [-0.15, -0.1) is 0 Å². The van der Waals surface area contributed by atoms with Crippen molar-refractivity contribution in [3.05, 3.63) is 22.7 Å². The summed E-state index contributed by atoms with van der Waals surface area (Å²) in [4.78, 5) is 22.9. The predicted octanol–water partition coefficient (Wildman–Crippen LogP) is -0.0434. The molecule has 0 saturated carbocycles. The first-order valence-electron chi connectivity index (χ1n) is 6.26. The molecule has 104 valence electrons. The Morgan fingerprint density at radius 1 is 1.42 bits per heavy atom. The predicted molar refractivity (Wildman–Crippen MR) is 79.5 cm³/mol. The van der Waals surface area contributed by atoms with Crippen LogP contribution in [0.4, 0.5) is 5.82 Å². The zero-order valence-electron chi connectivity index (χ0n) is 11.2. The minimum atomic E-state index is -0.275. The number of nitrogens with one attached hydrogen (secondary N) is 1. The van der Waals surface area contributed by atoms with E-state index in [-0.39, 0.29) is 11.1 Å². The minimum absolute atomic E-state index is 0.129. The van der Waals surface area contributed by atoms with Crippen molar-refractivity contribution >= 4 is 23.0 Å². The van der Waals surface area contributed by atoms with Gasteiger partial charge < -0.3 is 15.6 Å². The lowest BCUT2D eigenvalue weighted by molar-refractivity contribution is 0.168. The van der Waals surface area contributed by atoms with Crippen molar-refractivity contribution in [2.24, 2.45) is 5.73 Å². The van der Waals surface area contributed by atoms with Crippen LogP contribution in [-0.2, 0) is 0 Å². The standard InChI is InChI=1S/C12H19N5OS/c1-12(2,11(13)19)17-5-3-16(4-6-17)9-7-10(18)15-8-14-9/h7-8H,3-6H2,1-2H3,(H2,13,19)(H,14,15,18). The Bertz CT molecular complexity index is 519. The number of thiocarbonyl (C=S) groups is 1. The van der Waals surface area contributed by atoms with E-state index in [1.54, 1.807) is 0 Å². The van der Waals surface area contributed by atoms with Crippen LogP contribution in [0.3, 0.4) is 0 Å². The number of hydrogen-bond acceptors (Lipinski definition) is 5. The van der Waals surface area contributed by atoms with Crippen LogP contribution in [0.25, 0.3) is 0 Å². The van der Waals surface area contributed by atoms with Crippen molar-refractivity contribution in [1.29, 1.82) is 0 Å². The average Bonchev–Trinajstić information content (AvgIpc) is 2.38. The molecule has 1 aliphatic rings. The van der Waals surface area contributed by atoms with Crippen LogP contribution in [0.15, 0.2) is 17.2 Å². The number of rotatable bonds is 3. The lowest BCUT2D eigenvalue weighted by Gasteiger charge is -2.43. The summed E-state index contributed by atoms with van der Waals surface area (Å²) in [5, 5.41) is 0. The van der Waals surface area contributed by atoms with E-state index in [0.29, 0.717) is 4.99 Å². The molecule has 3 N–H and O–H groups in total. The average molecular weight is 281 g/mol. The summed E-state index contributed by atoms with van der Waals surface area (Å²) in [6.45, 7) is 7.38. The van der Waals surface area contributed by atoms with Crippen LogP contribution in [0.1, 0.15) is 13.8 Å². The molecule has 7 heteroatoms. The Balaban J connectivity index is 2.04. The SMILES string of the molecule is CC(C)(C(N)=S)N1CCN(c2cc(=O)[nH]cn2)CC1. The second-order valence-corrected chi connectivity index (χ2v) is 5.61. The molecule has 1 aromatic rings. The molecule has 6 nitrogen and oxygen atoms in total. The highest BCUT2D eigenvalue weighted by Gasteiger charge is 2.32. The summed E-state index contributed by atoms with van der Waals surface area (Å²) in [6, 6.07) is 1.52.